The maximum absolute atomic E-state index is 10.0. The molecule has 1 aromatic carbocycles. The standard InChI is InChI=1S/C16H26NO2/c1-14(2)12-19-13-16(18)11-17(3,4)10-15-8-6-5-7-9-15/h5-9,16,18H,1,10-13H2,2-4H3/q+1. The lowest BCUT2D eigenvalue weighted by molar-refractivity contribution is -0.906. The Morgan fingerprint density at radius 3 is 2.53 bits per heavy atom. The first kappa shape index (κ1) is 15.9. The van der Waals surface area contributed by atoms with E-state index in [0.29, 0.717) is 19.8 Å². The third-order valence-corrected chi connectivity index (χ3v) is 2.82. The average molecular weight is 264 g/mol. The molecule has 1 aromatic rings. The summed E-state index contributed by atoms with van der Waals surface area (Å²) in [4.78, 5) is 0. The van der Waals surface area contributed by atoms with Crippen LogP contribution in [0.5, 0.6) is 0 Å². The maximum Gasteiger partial charge on any atom is 0.126 e. The second-order valence-corrected chi connectivity index (χ2v) is 5.89. The van der Waals surface area contributed by atoms with Gasteiger partial charge >= 0.3 is 0 Å². The summed E-state index contributed by atoms with van der Waals surface area (Å²) in [5, 5.41) is 10.0. The molecule has 0 aliphatic heterocycles. The first-order chi connectivity index (χ1) is 8.89. The molecule has 3 heteroatoms. The monoisotopic (exact) mass is 264 g/mol. The lowest BCUT2D eigenvalue weighted by atomic mass is 10.2. The van der Waals surface area contributed by atoms with Gasteiger partial charge in [-0.3, -0.25) is 0 Å². The second kappa shape index (κ2) is 7.43. The summed E-state index contributed by atoms with van der Waals surface area (Å²) in [5.41, 5.74) is 2.26. The van der Waals surface area contributed by atoms with Crippen molar-refractivity contribution in [1.29, 1.82) is 0 Å². The van der Waals surface area contributed by atoms with E-state index in [1.54, 1.807) is 0 Å². The van der Waals surface area contributed by atoms with Crippen LogP contribution in [0, 0.1) is 0 Å². The predicted octanol–water partition coefficient (Wildman–Crippen LogP) is 2.22. The van der Waals surface area contributed by atoms with Crippen molar-refractivity contribution < 1.29 is 14.3 Å². The number of rotatable bonds is 8. The smallest absolute Gasteiger partial charge is 0.126 e. The van der Waals surface area contributed by atoms with Gasteiger partial charge in [0.05, 0.1) is 27.3 Å². The molecular formula is C16H26NO2+. The van der Waals surface area contributed by atoms with Gasteiger partial charge in [0.1, 0.15) is 19.2 Å². The summed E-state index contributed by atoms with van der Waals surface area (Å²) in [5.74, 6) is 0. The average Bonchev–Trinajstić information content (AvgIpc) is 2.28. The van der Waals surface area contributed by atoms with E-state index in [2.05, 4.69) is 32.8 Å². The zero-order valence-corrected chi connectivity index (χ0v) is 12.3. The quantitative estimate of drug-likeness (QED) is 0.576. The van der Waals surface area contributed by atoms with Gasteiger partial charge in [-0.25, -0.2) is 0 Å². The van der Waals surface area contributed by atoms with Crippen LogP contribution >= 0.6 is 0 Å². The summed E-state index contributed by atoms with van der Waals surface area (Å²) in [6, 6.07) is 10.3. The number of quaternary nitrogens is 1. The highest BCUT2D eigenvalue weighted by Crippen LogP contribution is 2.10. The van der Waals surface area contributed by atoms with Gasteiger partial charge in [0.25, 0.3) is 0 Å². The fourth-order valence-corrected chi connectivity index (χ4v) is 2.13. The van der Waals surface area contributed by atoms with Crippen LogP contribution in [0.2, 0.25) is 0 Å². The van der Waals surface area contributed by atoms with Gasteiger partial charge < -0.3 is 14.3 Å². The minimum atomic E-state index is -0.446. The van der Waals surface area contributed by atoms with Crippen LogP contribution < -0.4 is 0 Å². The van der Waals surface area contributed by atoms with Crippen molar-refractivity contribution in [3.8, 4) is 0 Å². The second-order valence-electron chi connectivity index (χ2n) is 5.89. The van der Waals surface area contributed by atoms with Crippen molar-refractivity contribution in [3.63, 3.8) is 0 Å². The van der Waals surface area contributed by atoms with E-state index in [1.807, 2.05) is 25.1 Å². The Hall–Kier alpha value is -1.16. The molecule has 0 spiro atoms. The van der Waals surface area contributed by atoms with Crippen LogP contribution in [0.4, 0.5) is 0 Å². The summed E-state index contributed by atoms with van der Waals surface area (Å²) in [6.45, 7) is 8.14. The number of ether oxygens (including phenoxy) is 1. The maximum atomic E-state index is 10.0. The van der Waals surface area contributed by atoms with E-state index in [9.17, 15) is 5.11 Å². The minimum Gasteiger partial charge on any atom is -0.385 e. The Bertz CT molecular complexity index is 387. The SMILES string of the molecule is C=C(C)COCC(O)C[N+](C)(C)Cc1ccccc1. The number of hydrogen-bond acceptors (Lipinski definition) is 2. The normalized spacial score (nSPS) is 13.3. The molecule has 1 rings (SSSR count). The van der Waals surface area contributed by atoms with E-state index < -0.39 is 6.10 Å². The predicted molar refractivity (Wildman–Crippen MR) is 78.8 cm³/mol. The van der Waals surface area contributed by atoms with Crippen LogP contribution in [0.25, 0.3) is 0 Å². The number of aliphatic hydroxyl groups excluding tert-OH is 1. The van der Waals surface area contributed by atoms with Crippen molar-refractivity contribution in [2.45, 2.75) is 19.6 Å². The fraction of sp³-hybridized carbons (Fsp3) is 0.500. The van der Waals surface area contributed by atoms with Gasteiger partial charge in [-0.2, -0.15) is 0 Å². The largest absolute Gasteiger partial charge is 0.385 e. The van der Waals surface area contributed by atoms with Gasteiger partial charge in [0.15, 0.2) is 0 Å². The molecule has 1 N–H and O–H groups in total. The van der Waals surface area contributed by atoms with E-state index in [-0.39, 0.29) is 0 Å². The van der Waals surface area contributed by atoms with E-state index >= 15 is 0 Å². The fourth-order valence-electron chi connectivity index (χ4n) is 2.13. The lowest BCUT2D eigenvalue weighted by Crippen LogP contribution is -2.45. The van der Waals surface area contributed by atoms with Gasteiger partial charge in [-0.15, -0.1) is 0 Å². The molecule has 0 amide bonds. The number of benzene rings is 1. The van der Waals surface area contributed by atoms with E-state index in [4.69, 9.17) is 4.74 Å². The first-order valence-corrected chi connectivity index (χ1v) is 6.65. The summed E-state index contributed by atoms with van der Waals surface area (Å²) in [7, 11) is 4.24. The minimum absolute atomic E-state index is 0.364. The summed E-state index contributed by atoms with van der Waals surface area (Å²) in [6.07, 6.45) is -0.446. The van der Waals surface area contributed by atoms with Crippen molar-refractivity contribution in [2.75, 3.05) is 33.9 Å². The Balaban J connectivity index is 2.38. The zero-order valence-electron chi connectivity index (χ0n) is 12.3. The molecule has 0 heterocycles. The zero-order chi connectivity index (χ0) is 14.3. The molecule has 1 unspecified atom stereocenters. The molecule has 0 aromatic heterocycles. The van der Waals surface area contributed by atoms with E-state index in [0.717, 1.165) is 16.6 Å². The summed E-state index contributed by atoms with van der Waals surface area (Å²) < 4.78 is 6.13. The molecule has 0 aliphatic rings. The third kappa shape index (κ3) is 7.11. The molecule has 0 saturated carbocycles. The molecule has 1 atom stereocenters. The lowest BCUT2D eigenvalue weighted by Gasteiger charge is -2.32. The molecule has 0 saturated heterocycles. The highest BCUT2D eigenvalue weighted by molar-refractivity contribution is 5.13. The number of hydrogen-bond donors (Lipinski definition) is 1. The van der Waals surface area contributed by atoms with Gasteiger partial charge in [0, 0.05) is 5.56 Å². The Kier molecular flexibility index (Phi) is 6.22. The number of likely N-dealkylation sites (N-methyl/N-ethyl adjacent to an activating group) is 1. The van der Waals surface area contributed by atoms with E-state index in [1.165, 1.54) is 5.56 Å². The molecular weight excluding hydrogens is 238 g/mol. The van der Waals surface area contributed by atoms with Crippen LogP contribution in [-0.2, 0) is 11.3 Å². The van der Waals surface area contributed by atoms with Crippen molar-refractivity contribution >= 4 is 0 Å². The molecule has 19 heavy (non-hydrogen) atoms. The highest BCUT2D eigenvalue weighted by Gasteiger charge is 2.21. The molecule has 0 fully saturated rings. The number of nitrogens with zero attached hydrogens (tertiary/aromatic N) is 1. The first-order valence-electron chi connectivity index (χ1n) is 6.65. The number of aliphatic hydroxyl groups is 1. The van der Waals surface area contributed by atoms with Crippen molar-refractivity contribution in [1.82, 2.24) is 0 Å². The van der Waals surface area contributed by atoms with Gasteiger partial charge in [-0.05, 0) is 6.92 Å². The van der Waals surface area contributed by atoms with Crippen molar-refractivity contribution in [3.05, 3.63) is 48.0 Å². The van der Waals surface area contributed by atoms with Gasteiger partial charge in [0.2, 0.25) is 0 Å². The molecule has 3 nitrogen and oxygen atoms in total. The Morgan fingerprint density at radius 1 is 1.32 bits per heavy atom. The van der Waals surface area contributed by atoms with Gasteiger partial charge in [-0.1, -0.05) is 42.5 Å². The molecule has 106 valence electrons. The summed E-state index contributed by atoms with van der Waals surface area (Å²) >= 11 is 0. The topological polar surface area (TPSA) is 29.5 Å². The van der Waals surface area contributed by atoms with Crippen LogP contribution in [0.3, 0.4) is 0 Å². The van der Waals surface area contributed by atoms with Crippen LogP contribution in [0.1, 0.15) is 12.5 Å². The highest BCUT2D eigenvalue weighted by atomic mass is 16.5. The Labute approximate surface area is 116 Å². The Morgan fingerprint density at radius 2 is 1.95 bits per heavy atom. The van der Waals surface area contributed by atoms with Crippen LogP contribution in [0.15, 0.2) is 42.5 Å². The molecule has 0 radical (unpaired) electrons. The molecule has 0 aliphatic carbocycles. The molecule has 0 bridgehead atoms. The van der Waals surface area contributed by atoms with Crippen molar-refractivity contribution in [2.24, 2.45) is 0 Å². The van der Waals surface area contributed by atoms with Crippen LogP contribution in [-0.4, -0.2) is 49.5 Å². The third-order valence-electron chi connectivity index (χ3n) is 2.82.